The fraction of sp³-hybridized carbons (Fsp3) is 0.320. The molecule has 0 unspecified atom stereocenters. The lowest BCUT2D eigenvalue weighted by atomic mass is 10.1. The Morgan fingerprint density at radius 1 is 0.767 bits per heavy atom. The minimum Gasteiger partial charge on any atom is -0.395 e. The smallest absolute Gasteiger partial charge is 0.185 e. The SMILES string of the molecule is CN(C)c1ccc(/C=C2\CC/C(=C\c3ccc(N(CCO)CCO)cc3)C2=O)cc1. The molecule has 158 valence electrons. The van der Waals surface area contributed by atoms with Crippen molar-refractivity contribution in [3.8, 4) is 0 Å². The minimum absolute atomic E-state index is 0.0350. The van der Waals surface area contributed by atoms with E-state index in [0.717, 1.165) is 46.5 Å². The van der Waals surface area contributed by atoms with Crippen molar-refractivity contribution >= 4 is 29.3 Å². The highest BCUT2D eigenvalue weighted by atomic mass is 16.3. The fourth-order valence-electron chi connectivity index (χ4n) is 3.64. The lowest BCUT2D eigenvalue weighted by molar-refractivity contribution is -0.111. The number of aliphatic hydroxyl groups excluding tert-OH is 2. The quantitative estimate of drug-likeness (QED) is 0.658. The van der Waals surface area contributed by atoms with Gasteiger partial charge in [-0.05, 0) is 60.4 Å². The molecule has 1 aliphatic rings. The second kappa shape index (κ2) is 10.2. The molecule has 0 bridgehead atoms. The van der Waals surface area contributed by atoms with Crippen molar-refractivity contribution in [2.45, 2.75) is 12.8 Å². The molecule has 0 saturated heterocycles. The Labute approximate surface area is 178 Å². The molecule has 2 aromatic rings. The molecule has 5 heteroatoms. The molecule has 1 saturated carbocycles. The van der Waals surface area contributed by atoms with Gasteiger partial charge in [-0.15, -0.1) is 0 Å². The van der Waals surface area contributed by atoms with Gasteiger partial charge in [0.1, 0.15) is 0 Å². The predicted octanol–water partition coefficient (Wildman–Crippen LogP) is 3.37. The van der Waals surface area contributed by atoms with Crippen LogP contribution in [-0.2, 0) is 4.79 Å². The standard InChI is InChI=1S/C25H30N2O3/c1-26(2)23-9-3-19(4-10-23)17-21-7-8-22(25(21)30)18-20-5-11-24(12-6-20)27(13-15-28)14-16-29/h3-6,9-12,17-18,28-29H,7-8,13-16H2,1-2H3/b21-17+,22-18+. The van der Waals surface area contributed by atoms with Gasteiger partial charge in [0.25, 0.3) is 0 Å². The molecule has 0 radical (unpaired) electrons. The van der Waals surface area contributed by atoms with Crippen LogP contribution in [0, 0.1) is 0 Å². The van der Waals surface area contributed by atoms with Crippen LogP contribution in [-0.4, -0.2) is 56.4 Å². The summed E-state index contributed by atoms with van der Waals surface area (Å²) in [5.74, 6) is 0.123. The van der Waals surface area contributed by atoms with E-state index >= 15 is 0 Å². The average Bonchev–Trinajstić information content (AvgIpc) is 3.08. The molecule has 0 amide bonds. The van der Waals surface area contributed by atoms with Crippen LogP contribution < -0.4 is 9.80 Å². The third-order valence-corrected chi connectivity index (χ3v) is 5.34. The van der Waals surface area contributed by atoms with E-state index in [1.54, 1.807) is 0 Å². The van der Waals surface area contributed by atoms with Gasteiger partial charge in [-0.3, -0.25) is 4.79 Å². The van der Waals surface area contributed by atoms with Gasteiger partial charge in [-0.2, -0.15) is 0 Å². The number of hydrogen-bond donors (Lipinski definition) is 2. The largest absolute Gasteiger partial charge is 0.395 e. The molecular formula is C25H30N2O3. The van der Waals surface area contributed by atoms with E-state index in [-0.39, 0.29) is 19.0 Å². The number of Topliss-reactive ketones (excluding diaryl/α,β-unsaturated/α-hetero) is 1. The zero-order chi connectivity index (χ0) is 21.5. The highest BCUT2D eigenvalue weighted by molar-refractivity contribution is 6.15. The molecular weight excluding hydrogens is 376 g/mol. The third kappa shape index (κ3) is 5.38. The van der Waals surface area contributed by atoms with Gasteiger partial charge in [-0.1, -0.05) is 24.3 Å². The molecule has 5 nitrogen and oxygen atoms in total. The van der Waals surface area contributed by atoms with Crippen molar-refractivity contribution in [1.29, 1.82) is 0 Å². The number of carbonyl (C=O) groups excluding carboxylic acids is 1. The van der Waals surface area contributed by atoms with Gasteiger partial charge in [0.15, 0.2) is 5.78 Å². The number of nitrogens with zero attached hydrogens (tertiary/aromatic N) is 2. The average molecular weight is 407 g/mol. The Balaban J connectivity index is 1.72. The van der Waals surface area contributed by atoms with Crippen molar-refractivity contribution in [3.05, 3.63) is 70.8 Å². The molecule has 2 aromatic carbocycles. The topological polar surface area (TPSA) is 64.0 Å². The van der Waals surface area contributed by atoms with Crippen molar-refractivity contribution in [3.63, 3.8) is 0 Å². The number of rotatable bonds is 8. The minimum atomic E-state index is 0.0350. The summed E-state index contributed by atoms with van der Waals surface area (Å²) in [7, 11) is 4.02. The number of allylic oxidation sites excluding steroid dienone is 2. The summed E-state index contributed by atoms with van der Waals surface area (Å²) in [5, 5.41) is 18.4. The summed E-state index contributed by atoms with van der Waals surface area (Å²) in [4.78, 5) is 16.8. The van der Waals surface area contributed by atoms with Crippen LogP contribution in [0.5, 0.6) is 0 Å². The summed E-state index contributed by atoms with van der Waals surface area (Å²) in [6.07, 6.45) is 5.47. The second-order valence-electron chi connectivity index (χ2n) is 7.68. The highest BCUT2D eigenvalue weighted by Crippen LogP contribution is 2.30. The van der Waals surface area contributed by atoms with E-state index < -0.39 is 0 Å². The number of ketones is 1. The number of carbonyl (C=O) groups is 1. The van der Waals surface area contributed by atoms with E-state index in [9.17, 15) is 15.0 Å². The number of benzene rings is 2. The predicted molar refractivity (Wildman–Crippen MR) is 124 cm³/mol. The number of aliphatic hydroxyl groups is 2. The molecule has 3 rings (SSSR count). The summed E-state index contributed by atoms with van der Waals surface area (Å²) >= 11 is 0. The number of hydrogen-bond acceptors (Lipinski definition) is 5. The van der Waals surface area contributed by atoms with Crippen molar-refractivity contribution < 1.29 is 15.0 Å². The van der Waals surface area contributed by atoms with Crippen LogP contribution in [0.3, 0.4) is 0 Å². The van der Waals surface area contributed by atoms with Gasteiger partial charge in [0, 0.05) is 49.7 Å². The molecule has 30 heavy (non-hydrogen) atoms. The Bertz CT molecular complexity index is 906. The number of anilines is 2. The summed E-state index contributed by atoms with van der Waals surface area (Å²) in [6, 6.07) is 16.1. The van der Waals surface area contributed by atoms with Gasteiger partial charge >= 0.3 is 0 Å². The van der Waals surface area contributed by atoms with E-state index in [1.165, 1.54) is 0 Å². The van der Waals surface area contributed by atoms with E-state index in [2.05, 4.69) is 17.0 Å². The fourth-order valence-corrected chi connectivity index (χ4v) is 3.64. The first-order chi connectivity index (χ1) is 14.5. The van der Waals surface area contributed by atoms with Gasteiger partial charge in [0.05, 0.1) is 13.2 Å². The molecule has 2 N–H and O–H groups in total. The Morgan fingerprint density at radius 3 is 1.60 bits per heavy atom. The molecule has 0 aromatic heterocycles. The Hall–Kier alpha value is -2.89. The van der Waals surface area contributed by atoms with Crippen molar-refractivity contribution in [2.24, 2.45) is 0 Å². The lowest BCUT2D eigenvalue weighted by Crippen LogP contribution is -2.29. The summed E-state index contributed by atoms with van der Waals surface area (Å²) in [5.41, 5.74) is 5.79. The first-order valence-electron chi connectivity index (χ1n) is 10.3. The van der Waals surface area contributed by atoms with Gasteiger partial charge in [-0.25, -0.2) is 0 Å². The maximum atomic E-state index is 12.8. The first-order valence-corrected chi connectivity index (χ1v) is 10.3. The zero-order valence-electron chi connectivity index (χ0n) is 17.7. The maximum absolute atomic E-state index is 12.8. The first kappa shape index (κ1) is 21.8. The summed E-state index contributed by atoms with van der Waals surface area (Å²) < 4.78 is 0. The van der Waals surface area contributed by atoms with Gasteiger partial charge in [0.2, 0.25) is 0 Å². The van der Waals surface area contributed by atoms with Crippen molar-refractivity contribution in [1.82, 2.24) is 0 Å². The van der Waals surface area contributed by atoms with Crippen LogP contribution in [0.2, 0.25) is 0 Å². The van der Waals surface area contributed by atoms with Crippen LogP contribution in [0.4, 0.5) is 11.4 Å². The second-order valence-corrected chi connectivity index (χ2v) is 7.68. The molecule has 0 atom stereocenters. The molecule has 1 aliphatic carbocycles. The molecule has 0 aliphatic heterocycles. The van der Waals surface area contributed by atoms with E-state index in [0.29, 0.717) is 13.1 Å². The zero-order valence-corrected chi connectivity index (χ0v) is 17.7. The monoisotopic (exact) mass is 406 g/mol. The van der Waals surface area contributed by atoms with Crippen molar-refractivity contribution in [2.75, 3.05) is 50.2 Å². The van der Waals surface area contributed by atoms with Crippen LogP contribution >= 0.6 is 0 Å². The summed E-state index contributed by atoms with van der Waals surface area (Å²) in [6.45, 7) is 1.02. The molecule has 1 fully saturated rings. The van der Waals surface area contributed by atoms with Crippen LogP contribution in [0.1, 0.15) is 24.0 Å². The normalized spacial score (nSPS) is 16.5. The van der Waals surface area contributed by atoms with Crippen LogP contribution in [0.25, 0.3) is 12.2 Å². The molecule has 0 spiro atoms. The van der Waals surface area contributed by atoms with Crippen LogP contribution in [0.15, 0.2) is 59.7 Å². The van der Waals surface area contributed by atoms with Gasteiger partial charge < -0.3 is 20.0 Å². The highest BCUT2D eigenvalue weighted by Gasteiger charge is 2.22. The third-order valence-electron chi connectivity index (χ3n) is 5.34. The maximum Gasteiger partial charge on any atom is 0.185 e. The lowest BCUT2D eigenvalue weighted by Gasteiger charge is -2.22. The Morgan fingerprint density at radius 2 is 1.20 bits per heavy atom. The van der Waals surface area contributed by atoms with E-state index in [1.807, 2.05) is 67.5 Å². The van der Waals surface area contributed by atoms with E-state index in [4.69, 9.17) is 0 Å². The molecule has 0 heterocycles. The Kier molecular flexibility index (Phi) is 7.44.